The van der Waals surface area contributed by atoms with E-state index in [2.05, 4.69) is 10.6 Å². The minimum absolute atomic E-state index is 0.00168. The molecule has 0 aromatic heterocycles. The first-order valence-electron chi connectivity index (χ1n) is 6.75. The number of benzene rings is 1. The SMILES string of the molecule is O=C(Nc1ccccc1F)N[C@@H]1CCC[C@@H](C(F)(F)F)C1. The molecule has 0 heterocycles. The van der Waals surface area contributed by atoms with E-state index in [9.17, 15) is 22.4 Å². The fourth-order valence-corrected chi connectivity index (χ4v) is 2.52. The van der Waals surface area contributed by atoms with Gasteiger partial charge >= 0.3 is 12.2 Å². The van der Waals surface area contributed by atoms with Crippen LogP contribution in [0.15, 0.2) is 24.3 Å². The Hall–Kier alpha value is -1.79. The molecule has 1 saturated carbocycles. The number of anilines is 1. The van der Waals surface area contributed by atoms with Crippen molar-refractivity contribution < 1.29 is 22.4 Å². The topological polar surface area (TPSA) is 41.1 Å². The molecular weight excluding hydrogens is 288 g/mol. The molecule has 116 valence electrons. The highest BCUT2D eigenvalue weighted by Crippen LogP contribution is 2.37. The lowest BCUT2D eigenvalue weighted by Crippen LogP contribution is -2.43. The average molecular weight is 304 g/mol. The van der Waals surface area contributed by atoms with Crippen molar-refractivity contribution in [3.63, 3.8) is 0 Å². The Morgan fingerprint density at radius 3 is 2.57 bits per heavy atom. The standard InChI is InChI=1S/C14H16F4N2O/c15-11-6-1-2-7-12(11)20-13(21)19-10-5-3-4-9(8-10)14(16,17)18/h1-2,6-7,9-10H,3-5,8H2,(H2,19,20,21)/t9-,10-/m1/s1. The van der Waals surface area contributed by atoms with Gasteiger partial charge in [0.05, 0.1) is 11.6 Å². The fraction of sp³-hybridized carbons (Fsp3) is 0.500. The zero-order valence-electron chi connectivity index (χ0n) is 11.2. The van der Waals surface area contributed by atoms with Crippen molar-refractivity contribution in [3.8, 4) is 0 Å². The molecule has 0 aliphatic heterocycles. The van der Waals surface area contributed by atoms with E-state index in [1.54, 1.807) is 6.07 Å². The Balaban J connectivity index is 1.89. The minimum Gasteiger partial charge on any atom is -0.335 e. The molecule has 0 radical (unpaired) electrons. The third kappa shape index (κ3) is 4.34. The largest absolute Gasteiger partial charge is 0.391 e. The third-order valence-electron chi connectivity index (χ3n) is 3.59. The summed E-state index contributed by atoms with van der Waals surface area (Å²) in [6, 6.07) is 4.38. The molecular formula is C14H16F4N2O. The molecule has 0 bridgehead atoms. The maximum Gasteiger partial charge on any atom is 0.391 e. The van der Waals surface area contributed by atoms with E-state index in [1.807, 2.05) is 0 Å². The van der Waals surface area contributed by atoms with Crippen LogP contribution in [-0.4, -0.2) is 18.2 Å². The molecule has 0 saturated heterocycles. The Morgan fingerprint density at radius 2 is 1.90 bits per heavy atom. The molecule has 21 heavy (non-hydrogen) atoms. The second kappa shape index (κ2) is 6.32. The third-order valence-corrected chi connectivity index (χ3v) is 3.59. The molecule has 7 heteroatoms. The van der Waals surface area contributed by atoms with Crippen molar-refractivity contribution in [3.05, 3.63) is 30.1 Å². The van der Waals surface area contributed by atoms with Crippen molar-refractivity contribution in [1.82, 2.24) is 5.32 Å². The van der Waals surface area contributed by atoms with Crippen LogP contribution in [0.4, 0.5) is 28.0 Å². The van der Waals surface area contributed by atoms with E-state index in [0.29, 0.717) is 12.8 Å². The van der Waals surface area contributed by atoms with E-state index >= 15 is 0 Å². The number of carbonyl (C=O) groups is 1. The Morgan fingerprint density at radius 1 is 1.19 bits per heavy atom. The van der Waals surface area contributed by atoms with Gasteiger partial charge < -0.3 is 10.6 Å². The highest BCUT2D eigenvalue weighted by molar-refractivity contribution is 5.89. The minimum atomic E-state index is -4.23. The van der Waals surface area contributed by atoms with Crippen molar-refractivity contribution in [1.29, 1.82) is 0 Å². The van der Waals surface area contributed by atoms with Crippen molar-refractivity contribution in [2.75, 3.05) is 5.32 Å². The number of hydrogen-bond acceptors (Lipinski definition) is 1. The Bertz CT molecular complexity index is 504. The lowest BCUT2D eigenvalue weighted by Gasteiger charge is -2.31. The molecule has 0 spiro atoms. The number of carbonyl (C=O) groups excluding carboxylic acids is 1. The smallest absolute Gasteiger partial charge is 0.335 e. The number of urea groups is 1. The van der Waals surface area contributed by atoms with Crippen LogP contribution >= 0.6 is 0 Å². The highest BCUT2D eigenvalue weighted by Gasteiger charge is 2.42. The molecule has 1 aliphatic rings. The summed E-state index contributed by atoms with van der Waals surface area (Å²) in [7, 11) is 0. The van der Waals surface area contributed by atoms with Crippen LogP contribution in [0.2, 0.25) is 0 Å². The Labute approximate surface area is 119 Å². The lowest BCUT2D eigenvalue weighted by molar-refractivity contribution is -0.183. The van der Waals surface area contributed by atoms with Crippen LogP contribution in [0, 0.1) is 11.7 Å². The van der Waals surface area contributed by atoms with E-state index in [-0.39, 0.29) is 18.5 Å². The summed E-state index contributed by atoms with van der Waals surface area (Å²) in [4.78, 5) is 11.7. The zero-order chi connectivity index (χ0) is 15.5. The fourth-order valence-electron chi connectivity index (χ4n) is 2.52. The molecule has 3 nitrogen and oxygen atoms in total. The van der Waals surface area contributed by atoms with Crippen LogP contribution < -0.4 is 10.6 Å². The molecule has 1 aliphatic carbocycles. The van der Waals surface area contributed by atoms with Gasteiger partial charge in [-0.15, -0.1) is 0 Å². The summed E-state index contributed by atoms with van der Waals surface area (Å²) >= 11 is 0. The van der Waals surface area contributed by atoms with Gasteiger partial charge in [0.1, 0.15) is 5.82 Å². The first-order valence-corrected chi connectivity index (χ1v) is 6.75. The zero-order valence-corrected chi connectivity index (χ0v) is 11.2. The van der Waals surface area contributed by atoms with Crippen LogP contribution in [0.3, 0.4) is 0 Å². The van der Waals surface area contributed by atoms with Gasteiger partial charge in [-0.1, -0.05) is 18.6 Å². The molecule has 1 aromatic rings. The van der Waals surface area contributed by atoms with Gasteiger partial charge in [-0.2, -0.15) is 13.2 Å². The second-order valence-corrected chi connectivity index (χ2v) is 5.18. The van der Waals surface area contributed by atoms with Gasteiger partial charge in [-0.25, -0.2) is 9.18 Å². The van der Waals surface area contributed by atoms with Gasteiger partial charge in [0, 0.05) is 6.04 Å². The number of alkyl halides is 3. The first kappa shape index (κ1) is 15.6. The number of hydrogen-bond donors (Lipinski definition) is 2. The number of nitrogens with one attached hydrogen (secondary N) is 2. The molecule has 1 aromatic carbocycles. The van der Waals surface area contributed by atoms with Crippen LogP contribution in [-0.2, 0) is 0 Å². The van der Waals surface area contributed by atoms with Gasteiger partial charge in [0.25, 0.3) is 0 Å². The summed E-state index contributed by atoms with van der Waals surface area (Å²) in [6.45, 7) is 0. The van der Waals surface area contributed by atoms with E-state index < -0.39 is 30.0 Å². The van der Waals surface area contributed by atoms with E-state index in [1.165, 1.54) is 18.2 Å². The van der Waals surface area contributed by atoms with Crippen molar-refractivity contribution in [2.45, 2.75) is 37.9 Å². The maximum absolute atomic E-state index is 13.4. The number of rotatable bonds is 2. The van der Waals surface area contributed by atoms with Gasteiger partial charge in [-0.3, -0.25) is 0 Å². The molecule has 2 atom stereocenters. The predicted octanol–water partition coefficient (Wildman–Crippen LogP) is 4.07. The Kier molecular flexibility index (Phi) is 4.69. The maximum atomic E-state index is 13.4. The molecule has 0 unspecified atom stereocenters. The van der Waals surface area contributed by atoms with Crippen molar-refractivity contribution in [2.24, 2.45) is 5.92 Å². The van der Waals surface area contributed by atoms with Crippen LogP contribution in [0.5, 0.6) is 0 Å². The molecule has 1 fully saturated rings. The normalized spacial score (nSPS) is 22.7. The second-order valence-electron chi connectivity index (χ2n) is 5.18. The summed E-state index contributed by atoms with van der Waals surface area (Å²) in [5.41, 5.74) is -0.00168. The number of para-hydroxylation sites is 1. The predicted molar refractivity (Wildman–Crippen MR) is 70.4 cm³/mol. The van der Waals surface area contributed by atoms with Crippen molar-refractivity contribution >= 4 is 11.7 Å². The van der Waals surface area contributed by atoms with Crippen LogP contribution in [0.25, 0.3) is 0 Å². The lowest BCUT2D eigenvalue weighted by atomic mass is 9.85. The quantitative estimate of drug-likeness (QED) is 0.795. The first-order chi connectivity index (χ1) is 9.86. The summed E-state index contributed by atoms with van der Waals surface area (Å²) < 4.78 is 51.4. The molecule has 2 N–H and O–H groups in total. The summed E-state index contributed by atoms with van der Waals surface area (Å²) in [5, 5.41) is 4.78. The number of halogens is 4. The van der Waals surface area contributed by atoms with Crippen LogP contribution in [0.1, 0.15) is 25.7 Å². The van der Waals surface area contributed by atoms with E-state index in [0.717, 1.165) is 0 Å². The van der Waals surface area contributed by atoms with Gasteiger partial charge in [-0.05, 0) is 31.4 Å². The van der Waals surface area contributed by atoms with E-state index in [4.69, 9.17) is 0 Å². The summed E-state index contributed by atoms with van der Waals surface area (Å²) in [5.74, 6) is -1.98. The van der Waals surface area contributed by atoms with Gasteiger partial charge in [0.2, 0.25) is 0 Å². The summed E-state index contributed by atoms with van der Waals surface area (Å²) in [6.07, 6.45) is -3.36. The highest BCUT2D eigenvalue weighted by atomic mass is 19.4. The molecule has 2 rings (SSSR count). The van der Waals surface area contributed by atoms with Gasteiger partial charge in [0.15, 0.2) is 0 Å². The monoisotopic (exact) mass is 304 g/mol. The number of amides is 2. The average Bonchev–Trinajstić information content (AvgIpc) is 2.41. The molecule has 2 amide bonds.